The molecule has 0 aliphatic heterocycles. The van der Waals surface area contributed by atoms with Gasteiger partial charge in [0.05, 0.1) is 6.61 Å². The van der Waals surface area contributed by atoms with Gasteiger partial charge in [0.15, 0.2) is 0 Å². The molecule has 0 bridgehead atoms. The topological polar surface area (TPSA) is 9.23 Å². The first-order valence-electron chi connectivity index (χ1n) is 12.3. The van der Waals surface area contributed by atoms with Gasteiger partial charge in [0.25, 0.3) is 0 Å². The predicted molar refractivity (Wildman–Crippen MR) is 137 cm³/mol. The fraction of sp³-hybridized carbons (Fsp3) is 0.355. The molecule has 32 heavy (non-hydrogen) atoms. The van der Waals surface area contributed by atoms with E-state index < -0.39 is 0 Å². The molecule has 1 heteroatoms. The summed E-state index contributed by atoms with van der Waals surface area (Å²) in [6, 6.07) is 27.0. The molecule has 4 rings (SSSR count). The third kappa shape index (κ3) is 5.78. The first kappa shape index (κ1) is 22.6. The zero-order valence-electron chi connectivity index (χ0n) is 19.6. The Morgan fingerprint density at radius 1 is 0.719 bits per heavy atom. The highest BCUT2D eigenvalue weighted by Crippen LogP contribution is 2.37. The molecule has 0 heterocycles. The minimum absolute atomic E-state index is 0.695. The average molecular weight is 425 g/mol. The van der Waals surface area contributed by atoms with Crippen LogP contribution in [0.3, 0.4) is 0 Å². The van der Waals surface area contributed by atoms with E-state index >= 15 is 0 Å². The molecule has 1 nitrogen and oxygen atoms in total. The molecule has 0 saturated heterocycles. The number of allylic oxidation sites excluding steroid dienone is 2. The third-order valence-corrected chi connectivity index (χ3v) is 6.74. The largest absolute Gasteiger partial charge is 0.377 e. The van der Waals surface area contributed by atoms with Crippen LogP contribution in [0.1, 0.15) is 63.0 Å². The molecule has 0 unspecified atom stereocenters. The van der Waals surface area contributed by atoms with E-state index in [-0.39, 0.29) is 0 Å². The van der Waals surface area contributed by atoms with Crippen molar-refractivity contribution >= 4 is 0 Å². The van der Waals surface area contributed by atoms with Gasteiger partial charge in [-0.05, 0) is 84.2 Å². The molecule has 0 radical (unpaired) electrons. The average Bonchev–Trinajstić information content (AvgIpc) is 2.86. The summed E-state index contributed by atoms with van der Waals surface area (Å²) in [5.74, 6) is 1.52. The summed E-state index contributed by atoms with van der Waals surface area (Å²) in [5, 5.41) is 0. The summed E-state index contributed by atoms with van der Waals surface area (Å²) in [6.07, 6.45) is 10.9. The van der Waals surface area contributed by atoms with Crippen molar-refractivity contribution in [3.63, 3.8) is 0 Å². The molecule has 0 spiro atoms. The van der Waals surface area contributed by atoms with Crippen LogP contribution in [0.25, 0.3) is 22.3 Å². The standard InChI is InChI=1S/C31H36O/c1-3-5-24-6-10-26(11-7-24)28-14-18-30(19-15-28)31-20-16-29(17-21-31)27-12-8-25(9-13-27)23-32-22-4-2/h3,5,8-9,12-21,24,26H,4,6-7,10-11,22-23H2,1-2H3/b5-3-. The molecule has 3 aromatic carbocycles. The van der Waals surface area contributed by atoms with Crippen molar-refractivity contribution in [3.05, 3.63) is 96.1 Å². The summed E-state index contributed by atoms with van der Waals surface area (Å²) in [7, 11) is 0. The van der Waals surface area contributed by atoms with Crippen LogP contribution in [0.4, 0.5) is 0 Å². The Bertz CT molecular complexity index is 972. The molecule has 1 aliphatic rings. The van der Waals surface area contributed by atoms with Crippen LogP contribution in [0.15, 0.2) is 84.9 Å². The normalized spacial score (nSPS) is 18.8. The second-order valence-electron chi connectivity index (χ2n) is 9.09. The van der Waals surface area contributed by atoms with Crippen molar-refractivity contribution in [2.24, 2.45) is 5.92 Å². The minimum atomic E-state index is 0.695. The van der Waals surface area contributed by atoms with E-state index in [1.54, 1.807) is 0 Å². The number of hydrogen-bond donors (Lipinski definition) is 0. The summed E-state index contributed by atoms with van der Waals surface area (Å²) in [5.41, 5.74) is 7.82. The van der Waals surface area contributed by atoms with Crippen LogP contribution in [-0.2, 0) is 11.3 Å². The van der Waals surface area contributed by atoms with Crippen LogP contribution in [0.5, 0.6) is 0 Å². The molecule has 0 amide bonds. The van der Waals surface area contributed by atoms with Crippen molar-refractivity contribution in [1.29, 1.82) is 0 Å². The highest BCUT2D eigenvalue weighted by atomic mass is 16.5. The monoisotopic (exact) mass is 424 g/mol. The van der Waals surface area contributed by atoms with Crippen molar-refractivity contribution in [2.45, 2.75) is 58.5 Å². The van der Waals surface area contributed by atoms with Crippen LogP contribution in [0, 0.1) is 5.92 Å². The highest BCUT2D eigenvalue weighted by molar-refractivity contribution is 5.70. The van der Waals surface area contributed by atoms with Gasteiger partial charge in [-0.3, -0.25) is 0 Å². The van der Waals surface area contributed by atoms with Gasteiger partial charge in [-0.1, -0.05) is 91.9 Å². The van der Waals surface area contributed by atoms with Gasteiger partial charge in [-0.25, -0.2) is 0 Å². The van der Waals surface area contributed by atoms with Crippen LogP contribution in [0.2, 0.25) is 0 Å². The predicted octanol–water partition coefficient (Wildman–Crippen LogP) is 8.80. The van der Waals surface area contributed by atoms with Crippen molar-refractivity contribution in [1.82, 2.24) is 0 Å². The number of ether oxygens (including phenoxy) is 1. The lowest BCUT2D eigenvalue weighted by Gasteiger charge is -2.27. The molecular weight excluding hydrogens is 388 g/mol. The quantitative estimate of drug-likeness (QED) is 0.259. The van der Waals surface area contributed by atoms with Crippen LogP contribution < -0.4 is 0 Å². The Morgan fingerprint density at radius 2 is 1.22 bits per heavy atom. The zero-order valence-corrected chi connectivity index (χ0v) is 19.6. The molecule has 166 valence electrons. The second-order valence-corrected chi connectivity index (χ2v) is 9.09. The number of benzene rings is 3. The lowest BCUT2D eigenvalue weighted by molar-refractivity contribution is 0.121. The maximum atomic E-state index is 5.64. The van der Waals surface area contributed by atoms with Crippen LogP contribution in [-0.4, -0.2) is 6.61 Å². The van der Waals surface area contributed by atoms with E-state index in [9.17, 15) is 0 Å². The van der Waals surface area contributed by atoms with E-state index in [1.165, 1.54) is 59.1 Å². The molecule has 1 fully saturated rings. The molecule has 3 aromatic rings. The lowest BCUT2D eigenvalue weighted by atomic mass is 9.78. The van der Waals surface area contributed by atoms with E-state index in [2.05, 4.69) is 98.8 Å². The molecule has 0 atom stereocenters. The van der Waals surface area contributed by atoms with Gasteiger partial charge in [0.1, 0.15) is 0 Å². The SMILES string of the molecule is C/C=C\C1CCC(c2ccc(-c3ccc(-c4ccc(COCCC)cc4)cc3)cc2)CC1. The zero-order chi connectivity index (χ0) is 22.2. The Labute approximate surface area is 194 Å². The van der Waals surface area contributed by atoms with Gasteiger partial charge in [-0.15, -0.1) is 0 Å². The highest BCUT2D eigenvalue weighted by Gasteiger charge is 2.20. The minimum Gasteiger partial charge on any atom is -0.377 e. The first-order valence-corrected chi connectivity index (χ1v) is 12.3. The Kier molecular flexibility index (Phi) is 7.96. The summed E-state index contributed by atoms with van der Waals surface area (Å²) >= 11 is 0. The summed E-state index contributed by atoms with van der Waals surface area (Å²) in [4.78, 5) is 0. The molecule has 1 aliphatic carbocycles. The third-order valence-electron chi connectivity index (χ3n) is 6.74. The first-order chi connectivity index (χ1) is 15.8. The fourth-order valence-electron chi connectivity index (χ4n) is 4.85. The van der Waals surface area contributed by atoms with E-state index in [0.717, 1.165) is 24.9 Å². The molecule has 0 N–H and O–H groups in total. The van der Waals surface area contributed by atoms with E-state index in [0.29, 0.717) is 6.61 Å². The fourth-order valence-corrected chi connectivity index (χ4v) is 4.85. The van der Waals surface area contributed by atoms with Crippen LogP contribution >= 0.6 is 0 Å². The number of rotatable bonds is 8. The summed E-state index contributed by atoms with van der Waals surface area (Å²) < 4.78 is 5.64. The van der Waals surface area contributed by atoms with Gasteiger partial charge in [0, 0.05) is 6.61 Å². The lowest BCUT2D eigenvalue weighted by Crippen LogP contribution is -2.11. The number of hydrogen-bond acceptors (Lipinski definition) is 1. The maximum absolute atomic E-state index is 5.64. The van der Waals surface area contributed by atoms with Gasteiger partial charge in [0.2, 0.25) is 0 Å². The van der Waals surface area contributed by atoms with Crippen molar-refractivity contribution in [2.75, 3.05) is 6.61 Å². The molecule has 1 saturated carbocycles. The Hall–Kier alpha value is -2.64. The van der Waals surface area contributed by atoms with Gasteiger partial charge < -0.3 is 4.74 Å². The van der Waals surface area contributed by atoms with Crippen molar-refractivity contribution in [3.8, 4) is 22.3 Å². The summed E-state index contributed by atoms with van der Waals surface area (Å²) in [6.45, 7) is 5.79. The van der Waals surface area contributed by atoms with E-state index in [1.807, 2.05) is 0 Å². The second kappa shape index (κ2) is 11.3. The van der Waals surface area contributed by atoms with E-state index in [4.69, 9.17) is 4.74 Å². The maximum Gasteiger partial charge on any atom is 0.0716 e. The smallest absolute Gasteiger partial charge is 0.0716 e. The van der Waals surface area contributed by atoms with Gasteiger partial charge in [-0.2, -0.15) is 0 Å². The Balaban J connectivity index is 1.38. The van der Waals surface area contributed by atoms with Crippen molar-refractivity contribution < 1.29 is 4.74 Å². The molecular formula is C31H36O. The molecule has 0 aromatic heterocycles. The Morgan fingerprint density at radius 3 is 1.72 bits per heavy atom. The van der Waals surface area contributed by atoms with Gasteiger partial charge >= 0.3 is 0 Å².